The minimum atomic E-state index is 0.517. The third kappa shape index (κ3) is 2.90. The van der Waals surface area contributed by atoms with Gasteiger partial charge < -0.3 is 11.1 Å². The Morgan fingerprint density at radius 3 is 2.50 bits per heavy atom. The number of aromatic nitrogens is 3. The molecule has 16 heavy (non-hydrogen) atoms. The Balaban J connectivity index is 1.97. The smallest absolute Gasteiger partial charge is 0.222 e. The molecule has 5 nitrogen and oxygen atoms in total. The predicted octanol–water partition coefficient (Wildman–Crippen LogP) is 1.83. The summed E-state index contributed by atoms with van der Waals surface area (Å²) in [5.41, 5.74) is 6.52. The first-order chi connectivity index (χ1) is 7.74. The van der Waals surface area contributed by atoms with Gasteiger partial charge in [-0.2, -0.15) is 0 Å². The molecule has 0 aliphatic heterocycles. The molecule has 0 saturated carbocycles. The summed E-state index contributed by atoms with van der Waals surface area (Å²) in [6.45, 7) is 0.620. The highest BCUT2D eigenvalue weighted by Gasteiger charge is 1.97. The molecule has 0 unspecified atom stereocenters. The van der Waals surface area contributed by atoms with Crippen LogP contribution in [0.4, 0.5) is 11.8 Å². The molecule has 0 aliphatic rings. The number of nitrogens with two attached hydrogens (primary N) is 1. The Hall–Kier alpha value is -1.69. The molecule has 0 bridgehead atoms. The van der Waals surface area contributed by atoms with Crippen LogP contribution >= 0.6 is 15.9 Å². The number of hydrogen-bond donors (Lipinski definition) is 2. The van der Waals surface area contributed by atoms with E-state index in [1.807, 2.05) is 6.07 Å². The van der Waals surface area contributed by atoms with Crippen molar-refractivity contribution < 1.29 is 0 Å². The molecule has 2 aromatic heterocycles. The van der Waals surface area contributed by atoms with Gasteiger partial charge in [0.15, 0.2) is 0 Å². The normalized spacial score (nSPS) is 10.1. The van der Waals surface area contributed by atoms with E-state index < -0.39 is 0 Å². The first-order valence-electron chi connectivity index (χ1n) is 4.66. The van der Waals surface area contributed by atoms with E-state index in [4.69, 9.17) is 5.73 Å². The lowest BCUT2D eigenvalue weighted by Gasteiger charge is -2.04. The maximum Gasteiger partial charge on any atom is 0.222 e. The van der Waals surface area contributed by atoms with Crippen LogP contribution < -0.4 is 11.1 Å². The average Bonchev–Trinajstić information content (AvgIpc) is 2.30. The summed E-state index contributed by atoms with van der Waals surface area (Å²) >= 11 is 3.27. The number of nitrogens with one attached hydrogen (secondary N) is 1. The van der Waals surface area contributed by atoms with E-state index in [-0.39, 0.29) is 0 Å². The number of nitrogens with zero attached hydrogens (tertiary/aromatic N) is 3. The van der Waals surface area contributed by atoms with E-state index in [9.17, 15) is 0 Å². The average molecular weight is 280 g/mol. The Kier molecular flexibility index (Phi) is 3.31. The third-order valence-electron chi connectivity index (χ3n) is 1.92. The fraction of sp³-hybridized carbons (Fsp3) is 0.100. The zero-order valence-corrected chi connectivity index (χ0v) is 9.98. The van der Waals surface area contributed by atoms with Crippen LogP contribution in [-0.2, 0) is 6.54 Å². The van der Waals surface area contributed by atoms with Crippen LogP contribution in [0.1, 0.15) is 5.56 Å². The van der Waals surface area contributed by atoms with Crippen LogP contribution in [0.5, 0.6) is 0 Å². The second-order valence-electron chi connectivity index (χ2n) is 3.17. The van der Waals surface area contributed by atoms with Gasteiger partial charge in [0.25, 0.3) is 0 Å². The molecule has 3 N–H and O–H groups in total. The SMILES string of the molecule is Nc1ccc(CNc2ncc(Br)cn2)cn1. The summed E-state index contributed by atoms with van der Waals surface area (Å²) in [5, 5.41) is 3.08. The minimum Gasteiger partial charge on any atom is -0.384 e. The molecule has 0 fully saturated rings. The van der Waals surface area contributed by atoms with Gasteiger partial charge in [-0.1, -0.05) is 6.07 Å². The predicted molar refractivity (Wildman–Crippen MR) is 65.7 cm³/mol. The van der Waals surface area contributed by atoms with Crippen molar-refractivity contribution in [1.82, 2.24) is 15.0 Å². The van der Waals surface area contributed by atoms with Gasteiger partial charge in [0.2, 0.25) is 5.95 Å². The van der Waals surface area contributed by atoms with Gasteiger partial charge in [0, 0.05) is 25.1 Å². The summed E-state index contributed by atoms with van der Waals surface area (Å²) < 4.78 is 0.854. The number of halogens is 1. The molecule has 6 heteroatoms. The van der Waals surface area contributed by atoms with E-state index in [0.29, 0.717) is 18.3 Å². The minimum absolute atomic E-state index is 0.517. The molecule has 2 aromatic rings. The lowest BCUT2D eigenvalue weighted by molar-refractivity contribution is 1.04. The highest BCUT2D eigenvalue weighted by molar-refractivity contribution is 9.10. The van der Waals surface area contributed by atoms with E-state index in [1.54, 1.807) is 24.7 Å². The molecule has 0 radical (unpaired) electrons. The Labute approximate surface area is 101 Å². The number of pyridine rings is 1. The van der Waals surface area contributed by atoms with Gasteiger partial charge in [-0.3, -0.25) is 0 Å². The summed E-state index contributed by atoms with van der Waals surface area (Å²) in [4.78, 5) is 12.2. The fourth-order valence-corrected chi connectivity index (χ4v) is 1.33. The van der Waals surface area contributed by atoms with Crippen molar-refractivity contribution in [3.8, 4) is 0 Å². The monoisotopic (exact) mass is 279 g/mol. The van der Waals surface area contributed by atoms with E-state index in [0.717, 1.165) is 10.0 Å². The molecule has 0 aliphatic carbocycles. The Bertz CT molecular complexity index is 408. The summed E-state index contributed by atoms with van der Waals surface area (Å²) in [7, 11) is 0. The van der Waals surface area contributed by atoms with Gasteiger partial charge in [-0.25, -0.2) is 15.0 Å². The third-order valence-corrected chi connectivity index (χ3v) is 2.33. The maximum atomic E-state index is 5.49. The fourth-order valence-electron chi connectivity index (χ4n) is 1.13. The van der Waals surface area contributed by atoms with Crippen molar-refractivity contribution in [1.29, 1.82) is 0 Å². The first kappa shape index (κ1) is 10.8. The van der Waals surface area contributed by atoms with E-state index in [2.05, 4.69) is 36.2 Å². The van der Waals surface area contributed by atoms with Crippen molar-refractivity contribution >= 4 is 27.7 Å². The van der Waals surface area contributed by atoms with Crippen molar-refractivity contribution in [2.75, 3.05) is 11.1 Å². The van der Waals surface area contributed by atoms with Gasteiger partial charge >= 0.3 is 0 Å². The molecule has 0 amide bonds. The zero-order chi connectivity index (χ0) is 11.4. The molecule has 0 spiro atoms. The maximum absolute atomic E-state index is 5.49. The molecule has 0 atom stereocenters. The number of anilines is 2. The first-order valence-corrected chi connectivity index (χ1v) is 5.45. The van der Waals surface area contributed by atoms with Crippen LogP contribution in [-0.4, -0.2) is 15.0 Å². The van der Waals surface area contributed by atoms with Crippen LogP contribution in [0.15, 0.2) is 35.2 Å². The summed E-state index contributed by atoms with van der Waals surface area (Å²) in [6.07, 6.45) is 5.11. The highest BCUT2D eigenvalue weighted by Crippen LogP contribution is 2.08. The van der Waals surface area contributed by atoms with Gasteiger partial charge in [-0.15, -0.1) is 0 Å². The second kappa shape index (κ2) is 4.89. The number of rotatable bonds is 3. The van der Waals surface area contributed by atoms with Crippen LogP contribution in [0.25, 0.3) is 0 Å². The highest BCUT2D eigenvalue weighted by atomic mass is 79.9. The summed E-state index contributed by atoms with van der Waals surface area (Å²) in [5.74, 6) is 1.10. The Morgan fingerprint density at radius 2 is 1.88 bits per heavy atom. The van der Waals surface area contributed by atoms with E-state index in [1.165, 1.54) is 0 Å². The van der Waals surface area contributed by atoms with Crippen molar-refractivity contribution in [3.63, 3.8) is 0 Å². The largest absolute Gasteiger partial charge is 0.384 e. The molecule has 2 heterocycles. The van der Waals surface area contributed by atoms with E-state index >= 15 is 0 Å². The van der Waals surface area contributed by atoms with Crippen LogP contribution in [0, 0.1) is 0 Å². The molecule has 82 valence electrons. The van der Waals surface area contributed by atoms with Gasteiger partial charge in [-0.05, 0) is 27.6 Å². The van der Waals surface area contributed by atoms with Crippen molar-refractivity contribution in [2.24, 2.45) is 0 Å². The second-order valence-corrected chi connectivity index (χ2v) is 4.09. The molecular weight excluding hydrogens is 270 g/mol. The van der Waals surface area contributed by atoms with Crippen molar-refractivity contribution in [3.05, 3.63) is 40.8 Å². The van der Waals surface area contributed by atoms with Crippen LogP contribution in [0.3, 0.4) is 0 Å². The van der Waals surface area contributed by atoms with Gasteiger partial charge in [0.05, 0.1) is 4.47 Å². The number of hydrogen-bond acceptors (Lipinski definition) is 5. The molecule has 2 rings (SSSR count). The zero-order valence-electron chi connectivity index (χ0n) is 8.39. The quantitative estimate of drug-likeness (QED) is 0.897. The topological polar surface area (TPSA) is 76.7 Å². The molecular formula is C10H10BrN5. The van der Waals surface area contributed by atoms with Crippen molar-refractivity contribution in [2.45, 2.75) is 6.54 Å². The van der Waals surface area contributed by atoms with Crippen LogP contribution in [0.2, 0.25) is 0 Å². The lowest BCUT2D eigenvalue weighted by atomic mass is 10.3. The molecule has 0 aromatic carbocycles. The standard InChI is InChI=1S/C10H10BrN5/c11-8-5-15-10(16-6-8)14-4-7-1-2-9(12)13-3-7/h1-3,5-6H,4H2,(H2,12,13)(H,14,15,16). The van der Waals surface area contributed by atoms with Gasteiger partial charge in [0.1, 0.15) is 5.82 Å². The Morgan fingerprint density at radius 1 is 1.12 bits per heavy atom. The molecule has 0 saturated heterocycles. The lowest BCUT2D eigenvalue weighted by Crippen LogP contribution is -2.03. The summed E-state index contributed by atoms with van der Waals surface area (Å²) in [6, 6.07) is 3.67. The number of nitrogen functional groups attached to an aromatic ring is 1.